The van der Waals surface area contributed by atoms with Gasteiger partial charge in [-0.2, -0.15) is 0 Å². The fourth-order valence-corrected chi connectivity index (χ4v) is 4.08. The van der Waals surface area contributed by atoms with E-state index >= 15 is 0 Å². The van der Waals surface area contributed by atoms with Gasteiger partial charge in [-0.1, -0.05) is 19.8 Å². The highest BCUT2D eigenvalue weighted by atomic mass is 127. The van der Waals surface area contributed by atoms with Crippen LogP contribution in [-0.4, -0.2) is 74.0 Å². The molecule has 2 aliphatic heterocycles. The summed E-state index contributed by atoms with van der Waals surface area (Å²) in [7, 11) is 1.82. The van der Waals surface area contributed by atoms with Crippen LogP contribution in [0.25, 0.3) is 0 Å². The summed E-state index contributed by atoms with van der Waals surface area (Å²) >= 11 is 0. The van der Waals surface area contributed by atoms with E-state index in [0.29, 0.717) is 11.9 Å². The third-order valence-electron chi connectivity index (χ3n) is 5.66. The molecule has 0 aromatic carbocycles. The van der Waals surface area contributed by atoms with Crippen molar-refractivity contribution < 1.29 is 4.79 Å². The smallest absolute Gasteiger partial charge is 0.222 e. The highest BCUT2D eigenvalue weighted by molar-refractivity contribution is 14.0. The topological polar surface area (TPSA) is 60.0 Å². The number of hydrogen-bond acceptors (Lipinski definition) is 3. The lowest BCUT2D eigenvalue weighted by Crippen LogP contribution is -2.42. The summed E-state index contributed by atoms with van der Waals surface area (Å²) in [6, 6.07) is 0.360. The molecule has 6 nitrogen and oxygen atoms in total. The SMILES string of the molecule is CCC(CCNC(=NC)NCCCN1CCCCCC1)N1CCCC1=O.I. The summed E-state index contributed by atoms with van der Waals surface area (Å²) in [6.45, 7) is 8.62. The number of guanidine groups is 1. The molecule has 2 fully saturated rings. The molecular formula is C20H40IN5O. The quantitative estimate of drug-likeness (QED) is 0.225. The molecule has 1 amide bonds. The predicted octanol–water partition coefficient (Wildman–Crippen LogP) is 2.83. The van der Waals surface area contributed by atoms with Crippen molar-refractivity contribution in [2.45, 2.75) is 70.8 Å². The normalized spacial score (nSPS) is 20.1. The summed E-state index contributed by atoms with van der Waals surface area (Å²) in [5.41, 5.74) is 0. The van der Waals surface area contributed by atoms with Crippen LogP contribution in [0.2, 0.25) is 0 Å². The van der Waals surface area contributed by atoms with Gasteiger partial charge in [0.05, 0.1) is 0 Å². The van der Waals surface area contributed by atoms with E-state index in [-0.39, 0.29) is 24.0 Å². The van der Waals surface area contributed by atoms with E-state index in [4.69, 9.17) is 0 Å². The average Bonchev–Trinajstić information content (AvgIpc) is 2.92. The van der Waals surface area contributed by atoms with Crippen LogP contribution in [0, 0.1) is 0 Å². The van der Waals surface area contributed by atoms with Crippen molar-refractivity contribution in [3.05, 3.63) is 0 Å². The molecule has 0 bridgehead atoms. The van der Waals surface area contributed by atoms with Crippen molar-refractivity contribution in [1.29, 1.82) is 0 Å². The van der Waals surface area contributed by atoms with Gasteiger partial charge in [0.2, 0.25) is 5.91 Å². The molecule has 2 N–H and O–H groups in total. The van der Waals surface area contributed by atoms with Crippen LogP contribution >= 0.6 is 24.0 Å². The van der Waals surface area contributed by atoms with E-state index in [0.717, 1.165) is 57.7 Å². The van der Waals surface area contributed by atoms with Gasteiger partial charge < -0.3 is 20.4 Å². The maximum absolute atomic E-state index is 11.9. The molecule has 0 radical (unpaired) electrons. The lowest BCUT2D eigenvalue weighted by molar-refractivity contribution is -0.129. The largest absolute Gasteiger partial charge is 0.356 e. The van der Waals surface area contributed by atoms with Crippen LogP contribution in [0.1, 0.15) is 64.7 Å². The first-order valence-electron chi connectivity index (χ1n) is 10.7. The minimum Gasteiger partial charge on any atom is -0.356 e. The van der Waals surface area contributed by atoms with E-state index in [9.17, 15) is 4.79 Å². The number of halogens is 1. The molecule has 0 spiro atoms. The van der Waals surface area contributed by atoms with Gasteiger partial charge in [0.15, 0.2) is 5.96 Å². The zero-order chi connectivity index (χ0) is 18.6. The molecule has 0 aromatic heterocycles. The zero-order valence-electron chi connectivity index (χ0n) is 17.3. The van der Waals surface area contributed by atoms with Gasteiger partial charge in [-0.05, 0) is 58.2 Å². The van der Waals surface area contributed by atoms with Crippen molar-refractivity contribution in [2.24, 2.45) is 4.99 Å². The predicted molar refractivity (Wildman–Crippen MR) is 124 cm³/mol. The standard InChI is InChI=1S/C20H39N5O.HI/c1-3-18(25-17-8-10-19(25)26)11-13-23-20(21-2)22-12-9-16-24-14-6-4-5-7-15-24;/h18H,3-17H2,1-2H3,(H2,21,22,23);1H. The van der Waals surface area contributed by atoms with Crippen LogP contribution in [-0.2, 0) is 4.79 Å². The monoisotopic (exact) mass is 493 g/mol. The maximum Gasteiger partial charge on any atom is 0.222 e. The number of carbonyl (C=O) groups excluding carboxylic acids is 1. The lowest BCUT2D eigenvalue weighted by Gasteiger charge is -2.27. The molecule has 7 heteroatoms. The first-order valence-corrected chi connectivity index (χ1v) is 10.7. The molecule has 0 aliphatic carbocycles. The minimum absolute atomic E-state index is 0. The highest BCUT2D eigenvalue weighted by Gasteiger charge is 2.26. The Kier molecular flexibility index (Phi) is 13.1. The van der Waals surface area contributed by atoms with Gasteiger partial charge in [-0.25, -0.2) is 0 Å². The number of nitrogens with one attached hydrogen (secondary N) is 2. The van der Waals surface area contributed by atoms with Crippen LogP contribution < -0.4 is 10.6 Å². The van der Waals surface area contributed by atoms with Crippen molar-refractivity contribution in [1.82, 2.24) is 20.4 Å². The minimum atomic E-state index is 0. The molecule has 1 unspecified atom stereocenters. The van der Waals surface area contributed by atoms with E-state index in [2.05, 4.69) is 32.3 Å². The lowest BCUT2D eigenvalue weighted by atomic mass is 10.1. The second-order valence-electron chi connectivity index (χ2n) is 7.58. The fourth-order valence-electron chi connectivity index (χ4n) is 4.08. The first-order chi connectivity index (χ1) is 12.7. The van der Waals surface area contributed by atoms with E-state index in [1.54, 1.807) is 0 Å². The summed E-state index contributed by atoms with van der Waals surface area (Å²) in [5.74, 6) is 1.20. The molecule has 158 valence electrons. The molecule has 2 aliphatic rings. The van der Waals surface area contributed by atoms with Crippen molar-refractivity contribution >= 4 is 35.8 Å². The number of nitrogens with zero attached hydrogens (tertiary/aromatic N) is 3. The summed E-state index contributed by atoms with van der Waals surface area (Å²) < 4.78 is 0. The summed E-state index contributed by atoms with van der Waals surface area (Å²) in [6.07, 6.45) is 10.4. The molecule has 0 aromatic rings. The molecule has 1 atom stereocenters. The van der Waals surface area contributed by atoms with Crippen LogP contribution in [0.5, 0.6) is 0 Å². The van der Waals surface area contributed by atoms with Crippen LogP contribution in [0.4, 0.5) is 0 Å². The molecular weight excluding hydrogens is 453 g/mol. The third kappa shape index (κ3) is 8.98. The van der Waals surface area contributed by atoms with Gasteiger partial charge in [0.25, 0.3) is 0 Å². The van der Waals surface area contributed by atoms with E-state index in [1.807, 2.05) is 7.05 Å². The van der Waals surface area contributed by atoms with Gasteiger partial charge in [-0.3, -0.25) is 9.79 Å². The number of aliphatic imine (C=N–C) groups is 1. The van der Waals surface area contributed by atoms with Gasteiger partial charge >= 0.3 is 0 Å². The van der Waals surface area contributed by atoms with Crippen LogP contribution in [0.15, 0.2) is 4.99 Å². The molecule has 2 saturated heterocycles. The maximum atomic E-state index is 11.9. The molecule has 2 rings (SSSR count). The van der Waals surface area contributed by atoms with E-state index < -0.39 is 0 Å². The average molecular weight is 493 g/mol. The Labute approximate surface area is 182 Å². The first kappa shape index (κ1) is 24.5. The molecule has 0 saturated carbocycles. The number of likely N-dealkylation sites (tertiary alicyclic amines) is 2. The van der Waals surface area contributed by atoms with Crippen LogP contribution in [0.3, 0.4) is 0 Å². The summed E-state index contributed by atoms with van der Waals surface area (Å²) in [4.78, 5) is 20.9. The van der Waals surface area contributed by atoms with Crippen molar-refractivity contribution in [3.8, 4) is 0 Å². The Morgan fingerprint density at radius 1 is 1.07 bits per heavy atom. The number of rotatable bonds is 9. The number of hydrogen-bond donors (Lipinski definition) is 2. The molecule has 27 heavy (non-hydrogen) atoms. The Hall–Kier alpha value is -0.570. The second-order valence-corrected chi connectivity index (χ2v) is 7.58. The Morgan fingerprint density at radius 2 is 1.78 bits per heavy atom. The van der Waals surface area contributed by atoms with Gasteiger partial charge in [0.1, 0.15) is 0 Å². The molecule has 2 heterocycles. The summed E-state index contributed by atoms with van der Waals surface area (Å²) in [5, 5.41) is 6.83. The highest BCUT2D eigenvalue weighted by Crippen LogP contribution is 2.17. The Balaban J connectivity index is 0.00000364. The van der Waals surface area contributed by atoms with Crippen molar-refractivity contribution in [3.63, 3.8) is 0 Å². The van der Waals surface area contributed by atoms with Gasteiger partial charge in [-0.15, -0.1) is 24.0 Å². The van der Waals surface area contributed by atoms with Crippen molar-refractivity contribution in [2.75, 3.05) is 46.3 Å². The third-order valence-corrected chi connectivity index (χ3v) is 5.66. The van der Waals surface area contributed by atoms with Gasteiger partial charge in [0, 0.05) is 39.1 Å². The Morgan fingerprint density at radius 3 is 2.37 bits per heavy atom. The zero-order valence-corrected chi connectivity index (χ0v) is 19.7. The number of carbonyl (C=O) groups is 1. The second kappa shape index (κ2) is 14.4. The Bertz CT molecular complexity index is 438. The van der Waals surface area contributed by atoms with E-state index in [1.165, 1.54) is 45.3 Å². The fraction of sp³-hybridized carbons (Fsp3) is 0.900. The number of amides is 1.